The number of hydrogen-bond donors (Lipinski definition) is 2. The molecular formula is C14H15ClN2O2S. The van der Waals surface area contributed by atoms with Crippen LogP contribution in [0.3, 0.4) is 0 Å². The van der Waals surface area contributed by atoms with Crippen molar-refractivity contribution in [1.29, 1.82) is 0 Å². The number of carbonyl (C=O) groups excluding carboxylic acids is 1. The molecule has 3 N–H and O–H groups in total. The molecule has 0 bridgehead atoms. The van der Waals surface area contributed by atoms with Gasteiger partial charge in [0.25, 0.3) is 0 Å². The molecule has 0 atom stereocenters. The summed E-state index contributed by atoms with van der Waals surface area (Å²) in [5.74, 6) is 5.12. The maximum absolute atomic E-state index is 12.2. The van der Waals surface area contributed by atoms with Gasteiger partial charge in [-0.15, -0.1) is 11.3 Å². The second kappa shape index (κ2) is 6.26. The number of anilines is 1. The van der Waals surface area contributed by atoms with Crippen molar-refractivity contribution < 1.29 is 9.53 Å². The SMILES string of the molecule is CCOC(=O)c1c(NN)sc(C)c1-c1ccc(Cl)cc1. The Bertz CT molecular complexity index is 623. The summed E-state index contributed by atoms with van der Waals surface area (Å²) in [4.78, 5) is 13.2. The number of ether oxygens (including phenoxy) is 1. The molecule has 0 unspecified atom stereocenters. The van der Waals surface area contributed by atoms with Crippen molar-refractivity contribution in [3.8, 4) is 11.1 Å². The fraction of sp³-hybridized carbons (Fsp3) is 0.214. The Morgan fingerprint density at radius 2 is 2.05 bits per heavy atom. The minimum Gasteiger partial charge on any atom is -0.462 e. The van der Waals surface area contributed by atoms with Crippen molar-refractivity contribution in [2.24, 2.45) is 5.84 Å². The number of carbonyl (C=O) groups is 1. The van der Waals surface area contributed by atoms with Crippen LogP contribution in [0, 0.1) is 6.92 Å². The Hall–Kier alpha value is -1.56. The first-order valence-electron chi connectivity index (χ1n) is 6.11. The van der Waals surface area contributed by atoms with Crippen LogP contribution in [-0.4, -0.2) is 12.6 Å². The molecule has 4 nitrogen and oxygen atoms in total. The van der Waals surface area contributed by atoms with Crippen LogP contribution < -0.4 is 11.3 Å². The first kappa shape index (κ1) is 14.8. The van der Waals surface area contributed by atoms with Crippen molar-refractivity contribution in [3.05, 3.63) is 39.7 Å². The quantitative estimate of drug-likeness (QED) is 0.511. The zero-order valence-corrected chi connectivity index (χ0v) is 12.8. The molecule has 0 saturated heterocycles. The summed E-state index contributed by atoms with van der Waals surface area (Å²) in [6, 6.07) is 7.33. The summed E-state index contributed by atoms with van der Waals surface area (Å²) in [5.41, 5.74) is 4.78. The number of thiophene rings is 1. The summed E-state index contributed by atoms with van der Waals surface area (Å²) in [7, 11) is 0. The number of rotatable bonds is 4. The van der Waals surface area contributed by atoms with Gasteiger partial charge >= 0.3 is 5.97 Å². The van der Waals surface area contributed by atoms with Crippen LogP contribution in [0.15, 0.2) is 24.3 Å². The third kappa shape index (κ3) is 2.80. The molecule has 0 radical (unpaired) electrons. The van der Waals surface area contributed by atoms with Crippen LogP contribution in [0.25, 0.3) is 11.1 Å². The summed E-state index contributed by atoms with van der Waals surface area (Å²) < 4.78 is 5.12. The molecule has 0 aliphatic heterocycles. The third-order valence-electron chi connectivity index (χ3n) is 2.83. The van der Waals surface area contributed by atoms with E-state index in [1.54, 1.807) is 19.1 Å². The number of hydrogen-bond acceptors (Lipinski definition) is 5. The van der Waals surface area contributed by atoms with Gasteiger partial charge in [0.1, 0.15) is 10.6 Å². The van der Waals surface area contributed by atoms with E-state index in [1.807, 2.05) is 19.1 Å². The number of hydrazine groups is 1. The third-order valence-corrected chi connectivity index (χ3v) is 4.12. The number of halogens is 1. The lowest BCUT2D eigenvalue weighted by Crippen LogP contribution is -2.12. The van der Waals surface area contributed by atoms with Crippen LogP contribution in [0.4, 0.5) is 5.00 Å². The highest BCUT2D eigenvalue weighted by Crippen LogP contribution is 2.40. The van der Waals surface area contributed by atoms with Gasteiger partial charge in [0.05, 0.1) is 6.61 Å². The first-order chi connectivity index (χ1) is 9.58. The molecule has 2 aromatic rings. The normalized spacial score (nSPS) is 10.4. The van der Waals surface area contributed by atoms with Crippen molar-refractivity contribution in [2.75, 3.05) is 12.0 Å². The highest BCUT2D eigenvalue weighted by atomic mass is 35.5. The molecule has 1 aromatic carbocycles. The lowest BCUT2D eigenvalue weighted by molar-refractivity contribution is 0.0529. The minimum atomic E-state index is -0.380. The Kier molecular flexibility index (Phi) is 4.65. The van der Waals surface area contributed by atoms with Crippen molar-refractivity contribution in [1.82, 2.24) is 0 Å². The summed E-state index contributed by atoms with van der Waals surface area (Å²) in [6.07, 6.45) is 0. The molecule has 6 heteroatoms. The lowest BCUT2D eigenvalue weighted by Gasteiger charge is -2.08. The molecule has 1 heterocycles. The van der Waals surface area contributed by atoms with Gasteiger partial charge in [-0.05, 0) is 31.5 Å². The van der Waals surface area contributed by atoms with E-state index < -0.39 is 0 Å². The van der Waals surface area contributed by atoms with Crippen LogP contribution in [0.2, 0.25) is 5.02 Å². The second-order valence-electron chi connectivity index (χ2n) is 4.11. The predicted molar refractivity (Wildman–Crippen MR) is 83.3 cm³/mol. The Balaban J connectivity index is 2.59. The first-order valence-corrected chi connectivity index (χ1v) is 7.31. The average molecular weight is 311 g/mol. The smallest absolute Gasteiger partial charge is 0.341 e. The van der Waals surface area contributed by atoms with Crippen LogP contribution in [-0.2, 0) is 4.74 Å². The van der Waals surface area contributed by atoms with E-state index >= 15 is 0 Å². The van der Waals surface area contributed by atoms with E-state index in [0.717, 1.165) is 16.0 Å². The molecule has 0 saturated carbocycles. The molecule has 20 heavy (non-hydrogen) atoms. The van der Waals surface area contributed by atoms with E-state index in [1.165, 1.54) is 11.3 Å². The van der Waals surface area contributed by atoms with E-state index in [9.17, 15) is 4.79 Å². The van der Waals surface area contributed by atoms with Gasteiger partial charge < -0.3 is 10.2 Å². The fourth-order valence-electron chi connectivity index (χ4n) is 2.01. The van der Waals surface area contributed by atoms with Gasteiger partial charge in [-0.25, -0.2) is 10.6 Å². The zero-order chi connectivity index (χ0) is 14.7. The van der Waals surface area contributed by atoms with Crippen LogP contribution in [0.1, 0.15) is 22.2 Å². The molecule has 0 fully saturated rings. The molecule has 1 aromatic heterocycles. The molecule has 0 aliphatic carbocycles. The Labute approximate surface area is 126 Å². The fourth-order valence-corrected chi connectivity index (χ4v) is 3.11. The molecule has 106 valence electrons. The van der Waals surface area contributed by atoms with E-state index in [-0.39, 0.29) is 5.97 Å². The van der Waals surface area contributed by atoms with E-state index in [4.69, 9.17) is 22.2 Å². The van der Waals surface area contributed by atoms with Gasteiger partial charge in [0.15, 0.2) is 0 Å². The highest BCUT2D eigenvalue weighted by Gasteiger charge is 2.23. The van der Waals surface area contributed by atoms with Crippen molar-refractivity contribution in [3.63, 3.8) is 0 Å². The number of nitrogens with one attached hydrogen (secondary N) is 1. The molecular weight excluding hydrogens is 296 g/mol. The summed E-state index contributed by atoms with van der Waals surface area (Å²) in [5, 5.41) is 1.25. The number of benzene rings is 1. The molecule has 0 spiro atoms. The Morgan fingerprint density at radius 3 is 2.60 bits per heavy atom. The maximum atomic E-state index is 12.2. The Morgan fingerprint density at radius 1 is 1.40 bits per heavy atom. The summed E-state index contributed by atoms with van der Waals surface area (Å²) in [6.45, 7) is 4.03. The zero-order valence-electron chi connectivity index (χ0n) is 11.2. The van der Waals surface area contributed by atoms with Crippen molar-refractivity contribution >= 4 is 33.9 Å². The van der Waals surface area contributed by atoms with Gasteiger partial charge in [0.2, 0.25) is 0 Å². The lowest BCUT2D eigenvalue weighted by atomic mass is 10.0. The monoisotopic (exact) mass is 310 g/mol. The molecule has 0 aliphatic rings. The van der Waals surface area contributed by atoms with Gasteiger partial charge in [0, 0.05) is 15.5 Å². The van der Waals surface area contributed by atoms with Gasteiger partial charge in [-0.3, -0.25) is 0 Å². The standard InChI is InChI=1S/C14H15ClN2O2S/c1-3-19-14(18)12-11(8(2)20-13(12)17-16)9-4-6-10(15)7-5-9/h4-7,17H,3,16H2,1-2H3. The molecule has 2 rings (SSSR count). The van der Waals surface area contributed by atoms with Crippen LogP contribution in [0.5, 0.6) is 0 Å². The predicted octanol–water partition coefficient (Wildman–Crippen LogP) is 3.84. The largest absolute Gasteiger partial charge is 0.462 e. The number of esters is 1. The van der Waals surface area contributed by atoms with Gasteiger partial charge in [-0.1, -0.05) is 23.7 Å². The van der Waals surface area contributed by atoms with Gasteiger partial charge in [-0.2, -0.15) is 0 Å². The average Bonchev–Trinajstić information content (AvgIpc) is 2.77. The highest BCUT2D eigenvalue weighted by molar-refractivity contribution is 7.17. The second-order valence-corrected chi connectivity index (χ2v) is 5.77. The van der Waals surface area contributed by atoms with E-state index in [2.05, 4.69) is 5.43 Å². The van der Waals surface area contributed by atoms with E-state index in [0.29, 0.717) is 22.2 Å². The van der Waals surface area contributed by atoms with Crippen molar-refractivity contribution in [2.45, 2.75) is 13.8 Å². The number of aryl methyl sites for hydroxylation is 1. The topological polar surface area (TPSA) is 64.3 Å². The maximum Gasteiger partial charge on any atom is 0.341 e. The minimum absolute atomic E-state index is 0.317. The number of nitrogen functional groups attached to an aromatic ring is 1. The van der Waals surface area contributed by atoms with Crippen LogP contribution >= 0.6 is 22.9 Å². The number of nitrogens with two attached hydrogens (primary N) is 1. The molecule has 0 amide bonds. The summed E-state index contributed by atoms with van der Waals surface area (Å²) >= 11 is 7.33.